The molecule has 1 aliphatic heterocycles. The smallest absolute Gasteiger partial charge is 0.303 e. The first-order valence-corrected chi connectivity index (χ1v) is 7.50. The molecule has 0 aromatic carbocycles. The molecule has 1 unspecified atom stereocenters. The number of hydrogen-bond donors (Lipinski definition) is 2. The molecule has 1 saturated heterocycles. The molecular weight excluding hydrogens is 268 g/mol. The molecule has 0 aromatic rings. The summed E-state index contributed by atoms with van der Waals surface area (Å²) in [6, 6.07) is 0. The zero-order valence-electron chi connectivity index (χ0n) is 10.8. The van der Waals surface area contributed by atoms with E-state index in [0.29, 0.717) is 25.3 Å². The van der Waals surface area contributed by atoms with Crippen molar-refractivity contribution >= 4 is 29.5 Å². The van der Waals surface area contributed by atoms with E-state index >= 15 is 0 Å². The van der Waals surface area contributed by atoms with E-state index in [1.54, 1.807) is 4.90 Å². The highest BCUT2D eigenvalue weighted by molar-refractivity contribution is 7.99. The first-order chi connectivity index (χ1) is 8.99. The number of carbonyl (C=O) groups is 3. The summed E-state index contributed by atoms with van der Waals surface area (Å²) in [5, 5.41) is 8.77. The Morgan fingerprint density at radius 2 is 2.11 bits per heavy atom. The Morgan fingerprint density at radius 3 is 2.74 bits per heavy atom. The van der Waals surface area contributed by atoms with Gasteiger partial charge in [-0.1, -0.05) is 0 Å². The van der Waals surface area contributed by atoms with Crippen molar-refractivity contribution in [2.24, 2.45) is 11.7 Å². The lowest BCUT2D eigenvalue weighted by Gasteiger charge is -2.32. The molecule has 1 atom stereocenters. The van der Waals surface area contributed by atoms with Crippen LogP contribution in [0.2, 0.25) is 0 Å². The maximum absolute atomic E-state index is 11.9. The van der Waals surface area contributed by atoms with Gasteiger partial charge in [-0.2, -0.15) is 11.8 Å². The van der Waals surface area contributed by atoms with Gasteiger partial charge in [0, 0.05) is 31.7 Å². The van der Waals surface area contributed by atoms with Gasteiger partial charge >= 0.3 is 5.97 Å². The van der Waals surface area contributed by atoms with Crippen molar-refractivity contribution in [1.29, 1.82) is 0 Å². The second-order valence-corrected chi connectivity index (χ2v) is 5.82. The van der Waals surface area contributed by atoms with Crippen molar-refractivity contribution in [2.45, 2.75) is 25.7 Å². The number of carboxylic acids is 1. The average molecular weight is 288 g/mol. The number of aliphatic carboxylic acids is 1. The van der Waals surface area contributed by atoms with Gasteiger partial charge in [0.2, 0.25) is 11.8 Å². The van der Waals surface area contributed by atoms with Gasteiger partial charge in [0.15, 0.2) is 0 Å². The number of primary amides is 1. The Labute approximate surface area is 116 Å². The number of piperidine rings is 1. The number of carboxylic acid groups (broad SMARTS) is 1. The number of carbonyl (C=O) groups excluding carboxylic acids is 2. The molecule has 0 aromatic heterocycles. The van der Waals surface area contributed by atoms with E-state index in [1.165, 1.54) is 11.8 Å². The summed E-state index contributed by atoms with van der Waals surface area (Å²) in [7, 11) is 0. The summed E-state index contributed by atoms with van der Waals surface area (Å²) in [6.07, 6.45) is 2.22. The minimum absolute atomic E-state index is 0.0343. The van der Waals surface area contributed by atoms with Crippen molar-refractivity contribution in [2.75, 3.05) is 24.6 Å². The lowest BCUT2D eigenvalue weighted by atomic mass is 9.95. The van der Waals surface area contributed by atoms with Crippen molar-refractivity contribution < 1.29 is 19.5 Å². The lowest BCUT2D eigenvalue weighted by Crippen LogP contribution is -2.40. The number of rotatable bonds is 7. The van der Waals surface area contributed by atoms with Crippen LogP contribution in [0, 0.1) is 5.92 Å². The van der Waals surface area contributed by atoms with E-state index in [4.69, 9.17) is 10.8 Å². The topological polar surface area (TPSA) is 101 Å². The first-order valence-electron chi connectivity index (χ1n) is 6.34. The minimum atomic E-state index is -0.809. The molecule has 0 saturated carbocycles. The van der Waals surface area contributed by atoms with Crippen LogP contribution in [0.25, 0.3) is 0 Å². The van der Waals surface area contributed by atoms with Gasteiger partial charge in [-0.3, -0.25) is 14.4 Å². The van der Waals surface area contributed by atoms with Gasteiger partial charge in [0.05, 0.1) is 5.75 Å². The molecule has 6 nitrogen and oxygen atoms in total. The summed E-state index contributed by atoms with van der Waals surface area (Å²) in [6.45, 7) is 1.24. The van der Waals surface area contributed by atoms with Crippen molar-refractivity contribution in [3.8, 4) is 0 Å². The summed E-state index contributed by atoms with van der Waals surface area (Å²) in [5.74, 6) is -0.287. The fraction of sp³-hybridized carbons (Fsp3) is 0.750. The van der Waals surface area contributed by atoms with Crippen LogP contribution in [0.5, 0.6) is 0 Å². The molecule has 0 spiro atoms. The second kappa shape index (κ2) is 8.04. The van der Waals surface area contributed by atoms with Gasteiger partial charge in [0.1, 0.15) is 0 Å². The molecule has 1 rings (SSSR count). The normalized spacial score (nSPS) is 19.2. The van der Waals surface area contributed by atoms with Crippen LogP contribution in [-0.4, -0.2) is 52.4 Å². The Bertz CT molecular complexity index is 349. The molecule has 0 aliphatic carbocycles. The van der Waals surface area contributed by atoms with E-state index in [2.05, 4.69) is 0 Å². The predicted octanol–water partition coefficient (Wildman–Crippen LogP) is 0.308. The predicted molar refractivity (Wildman–Crippen MR) is 72.7 cm³/mol. The molecule has 0 radical (unpaired) electrons. The van der Waals surface area contributed by atoms with Gasteiger partial charge in [-0.15, -0.1) is 0 Å². The van der Waals surface area contributed by atoms with Crippen molar-refractivity contribution in [1.82, 2.24) is 4.90 Å². The summed E-state index contributed by atoms with van der Waals surface area (Å²) >= 11 is 1.35. The molecule has 3 N–H and O–H groups in total. The molecule has 7 heteroatoms. The molecule has 19 heavy (non-hydrogen) atoms. The van der Waals surface area contributed by atoms with Crippen LogP contribution in [0.1, 0.15) is 25.7 Å². The zero-order valence-corrected chi connectivity index (χ0v) is 11.7. The average Bonchev–Trinajstić information content (AvgIpc) is 2.33. The number of amides is 2. The van der Waals surface area contributed by atoms with E-state index in [9.17, 15) is 14.4 Å². The third kappa shape index (κ3) is 6.47. The number of nitrogens with two attached hydrogens (primary N) is 1. The molecule has 1 aliphatic rings. The van der Waals surface area contributed by atoms with Gasteiger partial charge in [-0.05, 0) is 18.8 Å². The van der Waals surface area contributed by atoms with Crippen LogP contribution < -0.4 is 5.73 Å². The maximum Gasteiger partial charge on any atom is 0.303 e. The van der Waals surface area contributed by atoms with E-state index in [1.807, 2.05) is 0 Å². The molecule has 2 amide bonds. The van der Waals surface area contributed by atoms with Crippen LogP contribution in [0.3, 0.4) is 0 Å². The number of thioether (sulfide) groups is 1. The third-order valence-electron chi connectivity index (χ3n) is 3.04. The summed E-state index contributed by atoms with van der Waals surface area (Å²) in [5.41, 5.74) is 5.01. The van der Waals surface area contributed by atoms with Crippen molar-refractivity contribution in [3.63, 3.8) is 0 Å². The Balaban J connectivity index is 2.27. The number of likely N-dealkylation sites (tertiary alicyclic amines) is 1. The fourth-order valence-corrected chi connectivity index (χ4v) is 2.86. The van der Waals surface area contributed by atoms with E-state index < -0.39 is 5.97 Å². The molecule has 0 bridgehead atoms. The van der Waals surface area contributed by atoms with Crippen molar-refractivity contribution in [3.05, 3.63) is 0 Å². The van der Waals surface area contributed by atoms with Crippen LogP contribution in [0.15, 0.2) is 0 Å². The highest BCUT2D eigenvalue weighted by Gasteiger charge is 2.24. The first kappa shape index (κ1) is 15.8. The van der Waals surface area contributed by atoms with E-state index in [0.717, 1.165) is 12.8 Å². The van der Waals surface area contributed by atoms with E-state index in [-0.39, 0.29) is 29.9 Å². The summed E-state index contributed by atoms with van der Waals surface area (Å²) < 4.78 is 0. The largest absolute Gasteiger partial charge is 0.481 e. The molecular formula is C12H20N2O4S. The molecule has 1 fully saturated rings. The number of nitrogens with zero attached hydrogens (tertiary/aromatic N) is 1. The van der Waals surface area contributed by atoms with Gasteiger partial charge in [0.25, 0.3) is 0 Å². The van der Waals surface area contributed by atoms with Gasteiger partial charge in [-0.25, -0.2) is 0 Å². The fourth-order valence-electron chi connectivity index (χ4n) is 2.20. The highest BCUT2D eigenvalue weighted by atomic mass is 32.2. The third-order valence-corrected chi connectivity index (χ3v) is 4.02. The quantitative estimate of drug-likeness (QED) is 0.657. The second-order valence-electron chi connectivity index (χ2n) is 4.71. The number of hydrogen-bond acceptors (Lipinski definition) is 4. The highest BCUT2D eigenvalue weighted by Crippen LogP contribution is 2.20. The lowest BCUT2D eigenvalue weighted by molar-refractivity contribution is -0.140. The Kier molecular flexibility index (Phi) is 6.69. The zero-order chi connectivity index (χ0) is 14.3. The molecule has 1 heterocycles. The Hall–Kier alpha value is -1.24. The van der Waals surface area contributed by atoms with Crippen LogP contribution >= 0.6 is 11.8 Å². The SMILES string of the molecule is NC(=O)CSCCC(=O)N1CCCC(CC(=O)O)C1. The van der Waals surface area contributed by atoms with Crippen LogP contribution in [0.4, 0.5) is 0 Å². The van der Waals surface area contributed by atoms with Gasteiger partial charge < -0.3 is 15.7 Å². The van der Waals surface area contributed by atoms with Crippen LogP contribution in [-0.2, 0) is 14.4 Å². The monoisotopic (exact) mass is 288 g/mol. The summed E-state index contributed by atoms with van der Waals surface area (Å²) in [4.78, 5) is 34.9. The molecule has 108 valence electrons. The standard InChI is InChI=1S/C12H20N2O4S/c13-10(15)8-19-5-3-11(16)14-4-1-2-9(7-14)6-12(17)18/h9H,1-8H2,(H2,13,15)(H,17,18). The minimum Gasteiger partial charge on any atom is -0.481 e. The Morgan fingerprint density at radius 1 is 1.37 bits per heavy atom. The maximum atomic E-state index is 11.9.